The Bertz CT molecular complexity index is 1610. The van der Waals surface area contributed by atoms with E-state index in [9.17, 15) is 23.9 Å². The van der Waals surface area contributed by atoms with Crippen molar-refractivity contribution in [3.05, 3.63) is 89.0 Å². The predicted molar refractivity (Wildman–Crippen MR) is 191 cm³/mol. The van der Waals surface area contributed by atoms with Crippen LogP contribution < -0.4 is 16.1 Å². The monoisotopic (exact) mass is 743 g/mol. The van der Waals surface area contributed by atoms with Gasteiger partial charge >= 0.3 is 12.2 Å². The molecule has 4 unspecified atom stereocenters. The van der Waals surface area contributed by atoms with Crippen molar-refractivity contribution in [2.75, 3.05) is 33.5 Å². The van der Waals surface area contributed by atoms with E-state index in [-0.39, 0.29) is 44.0 Å². The number of alkyl carbamates (subject to hydrolysis) is 1. The van der Waals surface area contributed by atoms with E-state index in [1.54, 1.807) is 33.2 Å². The van der Waals surface area contributed by atoms with Crippen LogP contribution in [0.25, 0.3) is 11.1 Å². The lowest BCUT2D eigenvalue weighted by molar-refractivity contribution is -0.127. The Hall–Kier alpha value is -4.34. The second-order valence-electron chi connectivity index (χ2n) is 13.4. The zero-order chi connectivity index (χ0) is 37.7. The zero-order valence-electron chi connectivity index (χ0n) is 29.8. The largest absolute Gasteiger partial charge is 0.453 e. The summed E-state index contributed by atoms with van der Waals surface area (Å²) >= 11 is 6.33. The first kappa shape index (κ1) is 40.4. The number of aromatic nitrogens is 1. The summed E-state index contributed by atoms with van der Waals surface area (Å²) in [5.41, 5.74) is 4.99. The number of carbonyl (C=O) groups excluding carboxylic acids is 3. The van der Waals surface area contributed by atoms with Crippen LogP contribution in [0.2, 0.25) is 5.02 Å². The molecule has 52 heavy (non-hydrogen) atoms. The summed E-state index contributed by atoms with van der Waals surface area (Å²) in [4.78, 5) is 43.1. The minimum absolute atomic E-state index is 0.0489. The van der Waals surface area contributed by atoms with E-state index < -0.39 is 47.5 Å². The molecule has 4 N–H and O–H groups in total. The summed E-state index contributed by atoms with van der Waals surface area (Å²) in [6, 6.07) is 13.3. The van der Waals surface area contributed by atoms with Crippen molar-refractivity contribution in [2.45, 2.75) is 71.1 Å². The average molecular weight is 744 g/mol. The second kappa shape index (κ2) is 19.5. The number of nitrogens with one attached hydrogen (secondary N) is 3. The predicted octanol–water partition coefficient (Wildman–Crippen LogP) is 5.00. The number of methoxy groups -OCH3 is 1. The number of rotatable bonds is 16. The van der Waals surface area contributed by atoms with Crippen LogP contribution in [0.1, 0.15) is 44.7 Å². The molecule has 15 heteroatoms. The molecule has 282 valence electrons. The summed E-state index contributed by atoms with van der Waals surface area (Å²) < 4.78 is 34.9. The topological polar surface area (TPSA) is 161 Å². The number of ether oxygens (including phenoxy) is 4. The highest BCUT2D eigenvalue weighted by Crippen LogP contribution is 2.23. The number of aliphatic hydroxyl groups is 1. The van der Waals surface area contributed by atoms with Gasteiger partial charge in [0.25, 0.3) is 0 Å². The molecule has 13 nitrogen and oxygen atoms in total. The first-order chi connectivity index (χ1) is 24.8. The number of pyridine rings is 1. The molecule has 1 aliphatic rings. The minimum atomic E-state index is -1.30. The number of hydrogen-bond acceptors (Lipinski definition) is 10. The molecular weight excluding hydrogens is 697 g/mol. The SMILES string of the molecule is COC(=O)NC(C(=O)NC(Cc1ccc(-c2cccnc2)cc1)C(O)CN(Cc1ccc(F)cc1Cl)NC(=O)OCCOC1CCCO1)C(C)(C)C. The van der Waals surface area contributed by atoms with Crippen molar-refractivity contribution in [2.24, 2.45) is 5.41 Å². The third-order valence-electron chi connectivity index (χ3n) is 8.31. The third kappa shape index (κ3) is 12.7. The number of nitrogens with zero attached hydrogens (tertiary/aromatic N) is 2. The molecule has 1 saturated heterocycles. The summed E-state index contributed by atoms with van der Waals surface area (Å²) in [6.45, 7) is 5.75. The van der Waals surface area contributed by atoms with Gasteiger partial charge in [0.05, 0.1) is 25.9 Å². The van der Waals surface area contributed by atoms with Gasteiger partial charge in [-0.3, -0.25) is 15.2 Å². The molecule has 0 bridgehead atoms. The lowest BCUT2D eigenvalue weighted by Gasteiger charge is -2.34. The summed E-state index contributed by atoms with van der Waals surface area (Å²) in [7, 11) is 1.20. The number of benzene rings is 2. The first-order valence-electron chi connectivity index (χ1n) is 17.0. The Morgan fingerprint density at radius 1 is 1.08 bits per heavy atom. The van der Waals surface area contributed by atoms with Crippen LogP contribution in [0.3, 0.4) is 0 Å². The van der Waals surface area contributed by atoms with Crippen molar-refractivity contribution in [3.63, 3.8) is 0 Å². The minimum Gasteiger partial charge on any atom is -0.453 e. The zero-order valence-corrected chi connectivity index (χ0v) is 30.5. The molecule has 0 aliphatic carbocycles. The van der Waals surface area contributed by atoms with E-state index in [0.717, 1.165) is 35.6 Å². The van der Waals surface area contributed by atoms with Crippen LogP contribution in [-0.2, 0) is 36.7 Å². The van der Waals surface area contributed by atoms with Crippen LogP contribution in [0.5, 0.6) is 0 Å². The molecule has 2 heterocycles. The smallest absolute Gasteiger partial charge is 0.421 e. The van der Waals surface area contributed by atoms with E-state index in [0.29, 0.717) is 12.2 Å². The summed E-state index contributed by atoms with van der Waals surface area (Å²) in [6.07, 6.45) is 2.01. The van der Waals surface area contributed by atoms with E-state index in [1.807, 2.05) is 36.4 Å². The summed E-state index contributed by atoms with van der Waals surface area (Å²) in [5.74, 6) is -1.09. The molecule has 0 radical (unpaired) electrons. The molecule has 3 aromatic rings. The van der Waals surface area contributed by atoms with Gasteiger partial charge in [-0.2, -0.15) is 0 Å². The Labute approximate surface area is 308 Å². The third-order valence-corrected chi connectivity index (χ3v) is 8.67. The lowest BCUT2D eigenvalue weighted by Crippen LogP contribution is -2.59. The van der Waals surface area contributed by atoms with Crippen molar-refractivity contribution in [1.29, 1.82) is 0 Å². The Morgan fingerprint density at radius 2 is 1.85 bits per heavy atom. The van der Waals surface area contributed by atoms with Gasteiger partial charge < -0.3 is 34.7 Å². The fourth-order valence-electron chi connectivity index (χ4n) is 5.54. The number of hydrazine groups is 1. The van der Waals surface area contributed by atoms with Crippen molar-refractivity contribution < 1.29 is 42.8 Å². The van der Waals surface area contributed by atoms with Gasteiger partial charge in [0.1, 0.15) is 18.5 Å². The maximum absolute atomic E-state index is 13.9. The molecule has 1 fully saturated rings. The molecule has 3 amide bonds. The van der Waals surface area contributed by atoms with Gasteiger partial charge in [0.15, 0.2) is 6.29 Å². The average Bonchev–Trinajstić information content (AvgIpc) is 3.63. The van der Waals surface area contributed by atoms with E-state index in [1.165, 1.54) is 24.3 Å². The molecule has 1 aromatic heterocycles. The highest BCUT2D eigenvalue weighted by molar-refractivity contribution is 6.31. The standard InChI is InChI=1S/C37H47ClFN5O8/c1-37(2,3)33(42-35(47)49-4)34(46)41-30(19-24-9-11-25(12-10-24)26-7-5-15-40-21-26)31(45)23-44(22-27-13-14-28(39)20-29(27)38)43-36(48)52-18-17-51-32-8-6-16-50-32/h5,7,9-15,20-21,30-33,45H,6,8,16-19,22-23H2,1-4H3,(H,41,46)(H,42,47)(H,43,48). The highest BCUT2D eigenvalue weighted by Gasteiger charge is 2.36. The molecule has 1 aliphatic heterocycles. The van der Waals surface area contributed by atoms with Gasteiger partial charge in [-0.1, -0.05) is 68.8 Å². The highest BCUT2D eigenvalue weighted by atomic mass is 35.5. The van der Waals surface area contributed by atoms with E-state index >= 15 is 0 Å². The maximum atomic E-state index is 13.9. The molecule has 0 saturated carbocycles. The van der Waals surface area contributed by atoms with Crippen LogP contribution in [0.4, 0.5) is 14.0 Å². The normalized spacial score (nSPS) is 16.1. The number of carbonyl (C=O) groups is 3. The van der Waals surface area contributed by atoms with Gasteiger partial charge in [0, 0.05) is 43.5 Å². The van der Waals surface area contributed by atoms with Crippen LogP contribution in [0, 0.1) is 11.2 Å². The fourth-order valence-corrected chi connectivity index (χ4v) is 5.76. The number of amides is 3. The maximum Gasteiger partial charge on any atom is 0.421 e. The molecule has 4 atom stereocenters. The lowest BCUT2D eigenvalue weighted by atomic mass is 9.85. The number of halogens is 2. The molecule has 2 aromatic carbocycles. The molecular formula is C37H47ClFN5O8. The van der Waals surface area contributed by atoms with Gasteiger partial charge in [0.2, 0.25) is 5.91 Å². The Kier molecular flexibility index (Phi) is 15.1. The second-order valence-corrected chi connectivity index (χ2v) is 13.8. The number of hydrogen-bond donors (Lipinski definition) is 4. The molecule has 4 rings (SSSR count). The Balaban J connectivity index is 1.55. The van der Waals surface area contributed by atoms with Crippen LogP contribution in [0.15, 0.2) is 67.0 Å². The van der Waals surface area contributed by atoms with Gasteiger partial charge in [-0.15, -0.1) is 0 Å². The van der Waals surface area contributed by atoms with E-state index in [2.05, 4.69) is 21.0 Å². The van der Waals surface area contributed by atoms with Crippen LogP contribution in [-0.4, -0.2) is 91.1 Å². The Morgan fingerprint density at radius 3 is 2.48 bits per heavy atom. The molecule has 0 spiro atoms. The number of aliphatic hydroxyl groups excluding tert-OH is 1. The van der Waals surface area contributed by atoms with Gasteiger partial charge in [-0.05, 0) is 58.7 Å². The van der Waals surface area contributed by atoms with Crippen molar-refractivity contribution >= 4 is 29.7 Å². The quantitative estimate of drug-likeness (QED) is 0.116. The summed E-state index contributed by atoms with van der Waals surface area (Å²) in [5, 5.41) is 18.8. The van der Waals surface area contributed by atoms with Crippen molar-refractivity contribution in [3.8, 4) is 11.1 Å². The van der Waals surface area contributed by atoms with Gasteiger partial charge in [-0.25, -0.2) is 19.0 Å². The fraction of sp³-hybridized carbons (Fsp3) is 0.459. The van der Waals surface area contributed by atoms with Crippen molar-refractivity contribution in [1.82, 2.24) is 26.1 Å². The van der Waals surface area contributed by atoms with Crippen LogP contribution >= 0.6 is 11.6 Å². The first-order valence-corrected chi connectivity index (χ1v) is 17.4. The van der Waals surface area contributed by atoms with E-state index in [4.69, 9.17) is 30.5 Å².